The number of fused-ring (bicyclic) bond motifs is 3. The van der Waals surface area contributed by atoms with Gasteiger partial charge < -0.3 is 4.57 Å². The molecular formula is C44H29N3Si. The lowest BCUT2D eigenvalue weighted by Crippen LogP contribution is -2.74. The van der Waals surface area contributed by atoms with Crippen LogP contribution in [0, 0.1) is 13.1 Å². The van der Waals surface area contributed by atoms with Crippen LogP contribution in [0.5, 0.6) is 0 Å². The van der Waals surface area contributed by atoms with Crippen molar-refractivity contribution in [2.75, 3.05) is 0 Å². The van der Waals surface area contributed by atoms with Crippen molar-refractivity contribution < 1.29 is 0 Å². The van der Waals surface area contributed by atoms with Crippen molar-refractivity contribution in [3.63, 3.8) is 0 Å². The molecule has 224 valence electrons. The van der Waals surface area contributed by atoms with Gasteiger partial charge in [0.2, 0.25) is 11.4 Å². The van der Waals surface area contributed by atoms with Crippen LogP contribution in [-0.4, -0.2) is 12.6 Å². The topological polar surface area (TPSA) is 13.7 Å². The fraction of sp³-hybridized carbons (Fsp3) is 0. The molecule has 0 saturated heterocycles. The van der Waals surface area contributed by atoms with Crippen LogP contribution in [0.2, 0.25) is 0 Å². The first kappa shape index (κ1) is 29.0. The fourth-order valence-electron chi connectivity index (χ4n) is 7.31. The summed E-state index contributed by atoms with van der Waals surface area (Å²) >= 11 is 0. The molecule has 0 aliphatic carbocycles. The minimum Gasteiger partial charge on any atom is -0.329 e. The van der Waals surface area contributed by atoms with Gasteiger partial charge in [0.15, 0.2) is 8.07 Å². The van der Waals surface area contributed by atoms with Crippen LogP contribution in [0.3, 0.4) is 0 Å². The van der Waals surface area contributed by atoms with Crippen molar-refractivity contribution in [1.29, 1.82) is 0 Å². The number of hydrogen-bond acceptors (Lipinski definition) is 0. The molecule has 0 bridgehead atoms. The minimum absolute atomic E-state index is 0.454. The van der Waals surface area contributed by atoms with Crippen molar-refractivity contribution in [2.45, 2.75) is 0 Å². The molecule has 3 nitrogen and oxygen atoms in total. The smallest absolute Gasteiger partial charge is 0.200 e. The van der Waals surface area contributed by atoms with Crippen LogP contribution >= 0.6 is 0 Å². The molecule has 0 fully saturated rings. The van der Waals surface area contributed by atoms with E-state index in [0.29, 0.717) is 17.1 Å². The van der Waals surface area contributed by atoms with E-state index in [2.05, 4.69) is 154 Å². The van der Waals surface area contributed by atoms with E-state index < -0.39 is 8.07 Å². The third-order valence-electron chi connectivity index (χ3n) is 9.39. The Labute approximate surface area is 281 Å². The van der Waals surface area contributed by atoms with Gasteiger partial charge in [0.25, 0.3) is 0 Å². The second-order valence-electron chi connectivity index (χ2n) is 11.9. The maximum absolute atomic E-state index is 8.25. The summed E-state index contributed by atoms with van der Waals surface area (Å²) < 4.78 is 2.08. The number of aromatic nitrogens is 1. The molecule has 0 aliphatic rings. The number of benzene rings is 7. The van der Waals surface area contributed by atoms with Crippen molar-refractivity contribution in [3.05, 3.63) is 199 Å². The van der Waals surface area contributed by atoms with E-state index in [1.54, 1.807) is 0 Å². The maximum Gasteiger partial charge on any atom is 0.200 e. The second kappa shape index (κ2) is 12.0. The Morgan fingerprint density at radius 2 is 0.771 bits per heavy atom. The third-order valence-corrected chi connectivity index (χ3v) is 14.2. The third kappa shape index (κ3) is 4.55. The second-order valence-corrected chi connectivity index (χ2v) is 15.7. The number of nitrogens with zero attached hydrogens (tertiary/aromatic N) is 3. The summed E-state index contributed by atoms with van der Waals surface area (Å²) in [6, 6.07) is 61.7. The van der Waals surface area contributed by atoms with Gasteiger partial charge in [-0.25, -0.2) is 9.69 Å². The lowest BCUT2D eigenvalue weighted by molar-refractivity contribution is 1.19. The van der Waals surface area contributed by atoms with Gasteiger partial charge in [0.05, 0.1) is 29.9 Å². The molecule has 0 radical (unpaired) electrons. The highest BCUT2D eigenvalue weighted by Crippen LogP contribution is 2.43. The van der Waals surface area contributed by atoms with E-state index in [9.17, 15) is 0 Å². The summed E-state index contributed by atoms with van der Waals surface area (Å²) in [5.74, 6) is 0. The maximum atomic E-state index is 8.25. The van der Waals surface area contributed by atoms with Gasteiger partial charge in [-0.1, -0.05) is 152 Å². The average Bonchev–Trinajstić information content (AvgIpc) is 3.50. The summed E-state index contributed by atoms with van der Waals surface area (Å²) in [6.07, 6.45) is 0. The zero-order valence-electron chi connectivity index (χ0n) is 26.1. The summed E-state index contributed by atoms with van der Waals surface area (Å²) in [6.45, 7) is 16.5. The number of rotatable bonds is 6. The molecule has 0 aliphatic heterocycles. The van der Waals surface area contributed by atoms with Crippen LogP contribution in [0.15, 0.2) is 176 Å². The van der Waals surface area contributed by atoms with Crippen molar-refractivity contribution in [3.8, 4) is 16.8 Å². The first-order valence-electron chi connectivity index (χ1n) is 15.9. The summed E-state index contributed by atoms with van der Waals surface area (Å²) in [4.78, 5) is 8.01. The largest absolute Gasteiger partial charge is 0.329 e. The first-order valence-corrected chi connectivity index (χ1v) is 17.9. The molecule has 8 aromatic rings. The minimum atomic E-state index is -2.66. The normalized spacial score (nSPS) is 11.3. The van der Waals surface area contributed by atoms with E-state index in [1.165, 1.54) is 20.7 Å². The van der Waals surface area contributed by atoms with Crippen molar-refractivity contribution in [1.82, 2.24) is 4.57 Å². The zero-order chi connectivity index (χ0) is 32.5. The van der Waals surface area contributed by atoms with Crippen LogP contribution in [0.1, 0.15) is 0 Å². The van der Waals surface area contributed by atoms with Gasteiger partial charge in [0, 0.05) is 10.8 Å². The predicted molar refractivity (Wildman–Crippen MR) is 202 cm³/mol. The van der Waals surface area contributed by atoms with Gasteiger partial charge in [-0.05, 0) is 56.1 Å². The van der Waals surface area contributed by atoms with Gasteiger partial charge in [-0.2, -0.15) is 0 Å². The predicted octanol–water partition coefficient (Wildman–Crippen LogP) is 8.93. The Morgan fingerprint density at radius 1 is 0.396 bits per heavy atom. The average molecular weight is 628 g/mol. The van der Waals surface area contributed by atoms with Crippen LogP contribution < -0.4 is 20.7 Å². The van der Waals surface area contributed by atoms with Crippen LogP contribution in [-0.2, 0) is 0 Å². The van der Waals surface area contributed by atoms with Gasteiger partial charge >= 0.3 is 0 Å². The molecular weight excluding hydrogens is 599 g/mol. The van der Waals surface area contributed by atoms with Gasteiger partial charge in [0.1, 0.15) is 0 Å². The van der Waals surface area contributed by atoms with Crippen molar-refractivity contribution >= 4 is 62.0 Å². The monoisotopic (exact) mass is 627 g/mol. The zero-order valence-corrected chi connectivity index (χ0v) is 27.1. The Kier molecular flexibility index (Phi) is 7.27. The molecule has 7 aromatic carbocycles. The summed E-state index contributed by atoms with van der Waals surface area (Å²) in [5.41, 5.74) is 5.32. The Hall–Kier alpha value is -6.46. The Morgan fingerprint density at radius 3 is 1.19 bits per heavy atom. The summed E-state index contributed by atoms with van der Waals surface area (Å²) in [7, 11) is -2.66. The molecule has 0 atom stereocenters. The van der Waals surface area contributed by atoms with E-state index >= 15 is 0 Å². The fourth-order valence-corrected chi connectivity index (χ4v) is 12.1. The Bertz CT molecular complexity index is 2320. The molecule has 8 rings (SSSR count). The SMILES string of the molecule is [C-]#[N+]c1cc(-c2ccc([Si](c3ccccc3)(c3ccccc3)c3ccccc3)cc2)cc([N+]#[C-])c1-n1c2ccccc2c2ccccc21. The van der Waals surface area contributed by atoms with Crippen LogP contribution in [0.4, 0.5) is 11.4 Å². The van der Waals surface area contributed by atoms with E-state index in [4.69, 9.17) is 13.1 Å². The molecule has 0 amide bonds. The van der Waals surface area contributed by atoms with E-state index in [0.717, 1.165) is 32.9 Å². The molecule has 0 spiro atoms. The highest BCUT2D eigenvalue weighted by atomic mass is 28.3. The summed E-state index contributed by atoms with van der Waals surface area (Å²) in [5, 5.41) is 7.42. The first-order chi connectivity index (χ1) is 23.7. The van der Waals surface area contributed by atoms with E-state index in [1.807, 2.05) is 36.4 Å². The van der Waals surface area contributed by atoms with Crippen molar-refractivity contribution in [2.24, 2.45) is 0 Å². The highest BCUT2D eigenvalue weighted by molar-refractivity contribution is 7.19. The standard InChI is InChI=1S/C44H29N3Si/c1-45-40-30-33(31-41(46-2)44(40)47-42-24-14-12-22-38(42)39-23-13-15-25-43(39)47)32-26-28-37(29-27-32)48(34-16-6-3-7-17-34,35-18-8-4-9-19-35)36-20-10-5-11-21-36/h3-31H. The molecule has 0 N–H and O–H groups in total. The quantitative estimate of drug-likeness (QED) is 0.0993. The highest BCUT2D eigenvalue weighted by Gasteiger charge is 2.41. The molecule has 1 heterocycles. The molecule has 1 aromatic heterocycles. The van der Waals surface area contributed by atoms with Gasteiger partial charge in [-0.3, -0.25) is 0 Å². The van der Waals surface area contributed by atoms with E-state index in [-0.39, 0.29) is 0 Å². The number of hydrogen-bond donors (Lipinski definition) is 0. The molecule has 4 heteroatoms. The van der Waals surface area contributed by atoms with Gasteiger partial charge in [-0.15, -0.1) is 0 Å². The van der Waals surface area contributed by atoms with Crippen LogP contribution in [0.25, 0.3) is 48.3 Å². The lowest BCUT2D eigenvalue weighted by Gasteiger charge is -2.34. The molecule has 48 heavy (non-hydrogen) atoms. The lowest BCUT2D eigenvalue weighted by atomic mass is 10.0. The number of para-hydroxylation sites is 2. The molecule has 0 saturated carbocycles. The molecule has 0 unspecified atom stereocenters. The Balaban J connectivity index is 1.31.